The van der Waals surface area contributed by atoms with E-state index in [0.29, 0.717) is 5.56 Å². The van der Waals surface area contributed by atoms with Crippen LogP contribution in [0.15, 0.2) is 48.5 Å². The molecule has 0 saturated carbocycles. The second-order valence-electron chi connectivity index (χ2n) is 4.88. The van der Waals surface area contributed by atoms with Crippen LogP contribution >= 0.6 is 0 Å². The van der Waals surface area contributed by atoms with Gasteiger partial charge < -0.3 is 10.2 Å². The predicted octanol–water partition coefficient (Wildman–Crippen LogP) is 4.02. The average molecular weight is 279 g/mol. The van der Waals surface area contributed by atoms with Crippen LogP contribution in [0.3, 0.4) is 0 Å². The third-order valence-corrected chi connectivity index (χ3v) is 3.58. The van der Waals surface area contributed by atoms with E-state index in [2.05, 4.69) is 54.4 Å². The van der Waals surface area contributed by atoms with Crippen LogP contribution in [0, 0.1) is 11.3 Å². The van der Waals surface area contributed by atoms with Gasteiger partial charge in [-0.05, 0) is 55.8 Å². The molecular weight excluding hydrogens is 258 g/mol. The van der Waals surface area contributed by atoms with Crippen LogP contribution < -0.4 is 10.2 Å². The number of anilines is 2. The minimum atomic E-state index is 0.684. The van der Waals surface area contributed by atoms with Gasteiger partial charge in [0, 0.05) is 31.0 Å². The third-order valence-electron chi connectivity index (χ3n) is 3.58. The standard InChI is InChI=1S/C18H21N3/c1-3-21(4-2)18-11-7-16(8-12-18)14-20-17-9-5-15(13-19)6-10-17/h5-12,20H,3-4,14H2,1-2H3. The number of hydrogen-bond donors (Lipinski definition) is 1. The first-order chi connectivity index (χ1) is 10.3. The molecule has 0 aromatic heterocycles. The van der Waals surface area contributed by atoms with Crippen molar-refractivity contribution in [1.82, 2.24) is 0 Å². The SMILES string of the molecule is CCN(CC)c1ccc(CNc2ccc(C#N)cc2)cc1. The molecule has 2 rings (SSSR count). The van der Waals surface area contributed by atoms with Gasteiger partial charge >= 0.3 is 0 Å². The molecule has 0 bridgehead atoms. The maximum Gasteiger partial charge on any atom is 0.0991 e. The van der Waals surface area contributed by atoms with Crippen LogP contribution in [-0.4, -0.2) is 13.1 Å². The van der Waals surface area contributed by atoms with Crippen molar-refractivity contribution in [2.75, 3.05) is 23.3 Å². The molecule has 0 aliphatic carbocycles. The zero-order valence-corrected chi connectivity index (χ0v) is 12.6. The van der Waals surface area contributed by atoms with Crippen molar-refractivity contribution in [2.45, 2.75) is 20.4 Å². The fourth-order valence-electron chi connectivity index (χ4n) is 2.28. The van der Waals surface area contributed by atoms with E-state index in [1.165, 1.54) is 11.3 Å². The van der Waals surface area contributed by atoms with Gasteiger partial charge in [-0.25, -0.2) is 0 Å². The van der Waals surface area contributed by atoms with Gasteiger partial charge in [-0.15, -0.1) is 0 Å². The van der Waals surface area contributed by atoms with Gasteiger partial charge in [0.1, 0.15) is 0 Å². The normalized spacial score (nSPS) is 9.95. The second kappa shape index (κ2) is 7.35. The van der Waals surface area contributed by atoms with Crippen molar-refractivity contribution < 1.29 is 0 Å². The molecule has 0 radical (unpaired) electrons. The molecule has 0 atom stereocenters. The monoisotopic (exact) mass is 279 g/mol. The summed E-state index contributed by atoms with van der Waals surface area (Å²) in [4.78, 5) is 2.33. The maximum absolute atomic E-state index is 8.77. The Morgan fingerprint density at radius 2 is 1.57 bits per heavy atom. The van der Waals surface area contributed by atoms with Crippen molar-refractivity contribution in [3.05, 3.63) is 59.7 Å². The molecule has 0 unspecified atom stereocenters. The molecule has 2 aromatic carbocycles. The van der Waals surface area contributed by atoms with Crippen LogP contribution in [0.2, 0.25) is 0 Å². The number of rotatable bonds is 6. The highest BCUT2D eigenvalue weighted by atomic mass is 15.1. The molecule has 0 saturated heterocycles. The van der Waals surface area contributed by atoms with Crippen LogP contribution in [0.1, 0.15) is 25.0 Å². The van der Waals surface area contributed by atoms with Crippen molar-refractivity contribution in [1.29, 1.82) is 5.26 Å². The number of nitrogens with one attached hydrogen (secondary N) is 1. The second-order valence-corrected chi connectivity index (χ2v) is 4.88. The number of benzene rings is 2. The lowest BCUT2D eigenvalue weighted by Gasteiger charge is -2.21. The Hall–Kier alpha value is -2.47. The first-order valence-corrected chi connectivity index (χ1v) is 7.34. The van der Waals surface area contributed by atoms with Gasteiger partial charge in [-0.2, -0.15) is 5.26 Å². The summed E-state index contributed by atoms with van der Waals surface area (Å²) in [5, 5.41) is 12.1. The molecule has 2 aromatic rings. The van der Waals surface area contributed by atoms with Gasteiger partial charge in [0.2, 0.25) is 0 Å². The minimum Gasteiger partial charge on any atom is -0.381 e. The highest BCUT2D eigenvalue weighted by molar-refractivity contribution is 5.50. The molecule has 0 aliphatic rings. The molecule has 3 nitrogen and oxygen atoms in total. The molecule has 0 fully saturated rings. The average Bonchev–Trinajstić information content (AvgIpc) is 2.55. The van der Waals surface area contributed by atoms with Crippen LogP contribution in [0.5, 0.6) is 0 Å². The van der Waals surface area contributed by atoms with E-state index in [-0.39, 0.29) is 0 Å². The maximum atomic E-state index is 8.77. The molecule has 1 N–H and O–H groups in total. The van der Waals surface area contributed by atoms with Crippen molar-refractivity contribution in [2.24, 2.45) is 0 Å². The topological polar surface area (TPSA) is 39.1 Å². The summed E-state index contributed by atoms with van der Waals surface area (Å²) in [6, 6.07) is 18.3. The van der Waals surface area contributed by atoms with E-state index in [9.17, 15) is 0 Å². The van der Waals surface area contributed by atoms with Crippen molar-refractivity contribution in [3.8, 4) is 6.07 Å². The molecule has 21 heavy (non-hydrogen) atoms. The van der Waals surface area contributed by atoms with Gasteiger partial charge in [0.05, 0.1) is 11.6 Å². The fraction of sp³-hybridized carbons (Fsp3) is 0.278. The van der Waals surface area contributed by atoms with E-state index < -0.39 is 0 Å². The Morgan fingerprint density at radius 3 is 2.10 bits per heavy atom. The van der Waals surface area contributed by atoms with E-state index in [4.69, 9.17) is 5.26 Å². The quantitative estimate of drug-likeness (QED) is 0.868. The molecule has 0 spiro atoms. The van der Waals surface area contributed by atoms with Crippen LogP contribution in [0.25, 0.3) is 0 Å². The largest absolute Gasteiger partial charge is 0.381 e. The lowest BCUT2D eigenvalue weighted by Crippen LogP contribution is -2.21. The number of nitrogens with zero attached hydrogens (tertiary/aromatic N) is 2. The zero-order valence-electron chi connectivity index (χ0n) is 12.6. The Kier molecular flexibility index (Phi) is 5.22. The van der Waals surface area contributed by atoms with Gasteiger partial charge in [0.15, 0.2) is 0 Å². The Bertz CT molecular complexity index is 590. The highest BCUT2D eigenvalue weighted by Gasteiger charge is 2.01. The van der Waals surface area contributed by atoms with Gasteiger partial charge in [0.25, 0.3) is 0 Å². The van der Waals surface area contributed by atoms with Gasteiger partial charge in [-0.3, -0.25) is 0 Å². The van der Waals surface area contributed by atoms with Crippen LogP contribution in [0.4, 0.5) is 11.4 Å². The summed E-state index contributed by atoms with van der Waals surface area (Å²) in [6.07, 6.45) is 0. The first kappa shape index (κ1) is 14.9. The zero-order chi connectivity index (χ0) is 15.1. The Labute approximate surface area is 126 Å². The van der Waals surface area contributed by atoms with Gasteiger partial charge in [-0.1, -0.05) is 12.1 Å². The van der Waals surface area contributed by atoms with E-state index in [1.54, 1.807) is 0 Å². The van der Waals surface area contributed by atoms with Crippen molar-refractivity contribution in [3.63, 3.8) is 0 Å². The molecule has 0 aliphatic heterocycles. The molecule has 108 valence electrons. The number of nitriles is 1. The molecular formula is C18H21N3. The summed E-state index contributed by atoms with van der Waals surface area (Å²) in [5.41, 5.74) is 4.23. The Balaban J connectivity index is 1.95. The number of hydrogen-bond acceptors (Lipinski definition) is 3. The Morgan fingerprint density at radius 1 is 0.952 bits per heavy atom. The lowest BCUT2D eigenvalue weighted by molar-refractivity contribution is 0.865. The summed E-state index contributed by atoms with van der Waals surface area (Å²) in [5.74, 6) is 0. The predicted molar refractivity (Wildman–Crippen MR) is 88.5 cm³/mol. The summed E-state index contributed by atoms with van der Waals surface area (Å²) in [7, 11) is 0. The van der Waals surface area contributed by atoms with Crippen LogP contribution in [-0.2, 0) is 6.54 Å². The molecule has 0 amide bonds. The first-order valence-electron chi connectivity index (χ1n) is 7.34. The summed E-state index contributed by atoms with van der Waals surface area (Å²) < 4.78 is 0. The highest BCUT2D eigenvalue weighted by Crippen LogP contribution is 2.16. The fourth-order valence-corrected chi connectivity index (χ4v) is 2.28. The lowest BCUT2D eigenvalue weighted by atomic mass is 10.1. The third kappa shape index (κ3) is 4.00. The smallest absolute Gasteiger partial charge is 0.0991 e. The van der Waals surface area contributed by atoms with E-state index >= 15 is 0 Å². The minimum absolute atomic E-state index is 0.684. The van der Waals surface area contributed by atoms with E-state index in [1.807, 2.05) is 24.3 Å². The van der Waals surface area contributed by atoms with E-state index in [0.717, 1.165) is 25.3 Å². The van der Waals surface area contributed by atoms with Crippen molar-refractivity contribution >= 4 is 11.4 Å². The summed E-state index contributed by atoms with van der Waals surface area (Å²) in [6.45, 7) is 7.18. The molecule has 0 heterocycles. The molecule has 3 heteroatoms. The summed E-state index contributed by atoms with van der Waals surface area (Å²) >= 11 is 0.